The number of nitrogens with zero attached hydrogens (tertiary/aromatic N) is 4. The van der Waals surface area contributed by atoms with E-state index in [4.69, 9.17) is 14.6 Å². The number of hydrogen-bond donors (Lipinski definition) is 0. The number of aromatic nitrogens is 2. The third kappa shape index (κ3) is 4.25. The van der Waals surface area contributed by atoms with Gasteiger partial charge in [-0.05, 0) is 37.6 Å². The van der Waals surface area contributed by atoms with Crippen LogP contribution in [-0.2, 0) is 30.6 Å². The van der Waals surface area contributed by atoms with Crippen molar-refractivity contribution in [1.82, 2.24) is 19.6 Å². The van der Waals surface area contributed by atoms with Crippen LogP contribution < -0.4 is 0 Å². The molecule has 2 fully saturated rings. The number of hydrogen-bond acceptors (Lipinski definition) is 7. The van der Waals surface area contributed by atoms with Crippen molar-refractivity contribution in [3.63, 3.8) is 0 Å². The maximum absolute atomic E-state index is 13.6. The highest BCUT2D eigenvalue weighted by Crippen LogP contribution is 2.41. The molecule has 0 saturated carbocycles. The SMILES string of the molecule is CC(C)(c1ccc(-n2nc(C(=O)N3CCOCC3)c3c2-c2ccccc2S(=O)(=O)C3)cc1)N1CCOCC1. The van der Waals surface area contributed by atoms with Gasteiger partial charge in [0.1, 0.15) is 0 Å². The predicted octanol–water partition coefficient (Wildman–Crippen LogP) is 2.87. The molecule has 38 heavy (non-hydrogen) atoms. The summed E-state index contributed by atoms with van der Waals surface area (Å²) in [5.41, 5.74) is 3.64. The lowest BCUT2D eigenvalue weighted by Crippen LogP contribution is -2.47. The summed E-state index contributed by atoms with van der Waals surface area (Å²) in [4.78, 5) is 18.0. The summed E-state index contributed by atoms with van der Waals surface area (Å²) in [5, 5.41) is 4.78. The zero-order valence-electron chi connectivity index (χ0n) is 21.7. The van der Waals surface area contributed by atoms with Gasteiger partial charge in [-0.1, -0.05) is 30.3 Å². The van der Waals surface area contributed by atoms with Crippen molar-refractivity contribution in [3.8, 4) is 16.9 Å². The molecule has 0 atom stereocenters. The Hall–Kier alpha value is -3.05. The number of benzene rings is 2. The fourth-order valence-electron chi connectivity index (χ4n) is 5.66. The molecule has 4 heterocycles. The molecule has 0 unspecified atom stereocenters. The maximum Gasteiger partial charge on any atom is 0.274 e. The van der Waals surface area contributed by atoms with Crippen molar-refractivity contribution in [1.29, 1.82) is 0 Å². The highest BCUT2D eigenvalue weighted by Gasteiger charge is 2.37. The number of sulfone groups is 1. The third-order valence-corrected chi connectivity index (χ3v) is 9.61. The van der Waals surface area contributed by atoms with E-state index in [2.05, 4.69) is 30.9 Å². The molecule has 9 nitrogen and oxygen atoms in total. The molecule has 3 aromatic rings. The Balaban J connectivity index is 1.45. The van der Waals surface area contributed by atoms with E-state index in [0.29, 0.717) is 43.1 Å². The first-order chi connectivity index (χ1) is 18.3. The molecule has 10 heteroatoms. The molecule has 6 rings (SSSR count). The molecule has 0 bridgehead atoms. The first kappa shape index (κ1) is 25.2. The Bertz CT molecular complexity index is 1470. The zero-order chi connectivity index (χ0) is 26.5. The summed E-state index contributed by atoms with van der Waals surface area (Å²) in [5.74, 6) is -0.518. The van der Waals surface area contributed by atoms with Crippen molar-refractivity contribution >= 4 is 15.7 Å². The van der Waals surface area contributed by atoms with E-state index in [0.717, 1.165) is 37.6 Å². The number of morpholine rings is 2. The Kier molecular flexibility index (Phi) is 6.38. The van der Waals surface area contributed by atoms with Crippen LogP contribution in [0.25, 0.3) is 16.9 Å². The second kappa shape index (κ2) is 9.60. The Morgan fingerprint density at radius 2 is 1.53 bits per heavy atom. The third-order valence-electron chi connectivity index (χ3n) is 7.92. The van der Waals surface area contributed by atoms with Crippen LogP contribution in [0.3, 0.4) is 0 Å². The van der Waals surface area contributed by atoms with Gasteiger partial charge in [-0.3, -0.25) is 9.69 Å². The van der Waals surface area contributed by atoms with Crippen molar-refractivity contribution in [2.75, 3.05) is 52.6 Å². The van der Waals surface area contributed by atoms with E-state index in [9.17, 15) is 13.2 Å². The highest BCUT2D eigenvalue weighted by atomic mass is 32.2. The number of rotatable bonds is 4. The molecule has 0 radical (unpaired) electrons. The van der Waals surface area contributed by atoms with Crippen LogP contribution in [0.1, 0.15) is 35.5 Å². The normalized spacial score (nSPS) is 19.6. The Morgan fingerprint density at radius 1 is 0.895 bits per heavy atom. The molecule has 1 aromatic heterocycles. The van der Waals surface area contributed by atoms with Gasteiger partial charge >= 0.3 is 0 Å². The van der Waals surface area contributed by atoms with Crippen molar-refractivity contribution < 1.29 is 22.7 Å². The highest BCUT2D eigenvalue weighted by molar-refractivity contribution is 7.90. The number of carbonyl (C=O) groups excluding carboxylic acids is 1. The first-order valence-electron chi connectivity index (χ1n) is 13.0. The predicted molar refractivity (Wildman–Crippen MR) is 142 cm³/mol. The van der Waals surface area contributed by atoms with Gasteiger partial charge in [-0.2, -0.15) is 5.10 Å². The van der Waals surface area contributed by atoms with Crippen LogP contribution in [0.4, 0.5) is 0 Å². The fourth-order valence-corrected chi connectivity index (χ4v) is 7.25. The number of amides is 1. The molecule has 3 aliphatic heterocycles. The molecule has 0 spiro atoms. The Morgan fingerprint density at radius 3 is 2.21 bits per heavy atom. The van der Waals surface area contributed by atoms with E-state index in [-0.39, 0.29) is 27.8 Å². The van der Waals surface area contributed by atoms with E-state index >= 15 is 0 Å². The van der Waals surface area contributed by atoms with Gasteiger partial charge in [-0.15, -0.1) is 0 Å². The van der Waals surface area contributed by atoms with Crippen LogP contribution in [-0.4, -0.2) is 86.5 Å². The summed E-state index contributed by atoms with van der Waals surface area (Å²) in [7, 11) is -3.61. The average molecular weight is 537 g/mol. The fraction of sp³-hybridized carbons (Fsp3) is 0.429. The number of ether oxygens (including phenoxy) is 2. The minimum absolute atomic E-state index is 0.177. The van der Waals surface area contributed by atoms with E-state index in [1.54, 1.807) is 27.8 Å². The van der Waals surface area contributed by atoms with Gasteiger partial charge in [0.05, 0.1) is 48.5 Å². The zero-order valence-corrected chi connectivity index (χ0v) is 22.5. The van der Waals surface area contributed by atoms with Crippen LogP contribution in [0.5, 0.6) is 0 Å². The smallest absolute Gasteiger partial charge is 0.274 e. The van der Waals surface area contributed by atoms with Crippen molar-refractivity contribution in [2.24, 2.45) is 0 Å². The summed E-state index contributed by atoms with van der Waals surface area (Å²) >= 11 is 0. The molecular formula is C28H32N4O5S. The van der Waals surface area contributed by atoms with Gasteiger partial charge < -0.3 is 14.4 Å². The van der Waals surface area contributed by atoms with Crippen LogP contribution >= 0.6 is 0 Å². The minimum Gasteiger partial charge on any atom is -0.379 e. The van der Waals surface area contributed by atoms with Crippen molar-refractivity contribution in [2.45, 2.75) is 30.0 Å². The largest absolute Gasteiger partial charge is 0.379 e. The first-order valence-corrected chi connectivity index (χ1v) is 14.7. The van der Waals surface area contributed by atoms with Crippen molar-refractivity contribution in [3.05, 3.63) is 65.4 Å². The lowest BCUT2D eigenvalue weighted by molar-refractivity contribution is -0.0118. The van der Waals surface area contributed by atoms with Gasteiger partial charge in [0.2, 0.25) is 0 Å². The van der Waals surface area contributed by atoms with Gasteiger partial charge in [-0.25, -0.2) is 13.1 Å². The summed E-state index contributed by atoms with van der Waals surface area (Å²) in [6, 6.07) is 15.1. The Labute approximate surface area is 222 Å². The lowest BCUT2D eigenvalue weighted by atomic mass is 9.91. The molecule has 0 aliphatic carbocycles. The van der Waals surface area contributed by atoms with Gasteiger partial charge in [0.15, 0.2) is 15.5 Å². The number of fused-ring (bicyclic) bond motifs is 3. The standard InChI is InChI=1S/C28H32N4O5S/c1-28(2,31-13-17-37-18-14-31)20-7-9-21(10-8-20)32-26-22-5-3-4-6-24(22)38(34,35)19-23(26)25(29-32)27(33)30-11-15-36-16-12-30/h3-10H,11-19H2,1-2H3. The van der Waals surface area contributed by atoms with E-state index in [1.807, 2.05) is 18.2 Å². The summed E-state index contributed by atoms with van der Waals surface area (Å²) < 4.78 is 39.2. The molecule has 2 saturated heterocycles. The maximum atomic E-state index is 13.6. The van der Waals surface area contributed by atoms with E-state index < -0.39 is 9.84 Å². The van der Waals surface area contributed by atoms with Gasteiger partial charge in [0, 0.05) is 42.8 Å². The topological polar surface area (TPSA) is 94.0 Å². The van der Waals surface area contributed by atoms with Crippen LogP contribution in [0, 0.1) is 0 Å². The summed E-state index contributed by atoms with van der Waals surface area (Å²) in [6.45, 7) is 9.44. The second-order valence-corrected chi connectivity index (χ2v) is 12.4. The monoisotopic (exact) mass is 536 g/mol. The van der Waals surface area contributed by atoms with Crippen LogP contribution in [0.15, 0.2) is 53.4 Å². The molecule has 2 aromatic carbocycles. The quantitative estimate of drug-likeness (QED) is 0.506. The number of carbonyl (C=O) groups is 1. The molecule has 3 aliphatic rings. The molecule has 200 valence electrons. The minimum atomic E-state index is -3.61. The van der Waals surface area contributed by atoms with E-state index in [1.165, 1.54) is 0 Å². The molecule has 0 N–H and O–H groups in total. The molecular weight excluding hydrogens is 504 g/mol. The van der Waals surface area contributed by atoms with Crippen LogP contribution in [0.2, 0.25) is 0 Å². The second-order valence-electron chi connectivity index (χ2n) is 10.5. The summed E-state index contributed by atoms with van der Waals surface area (Å²) in [6.07, 6.45) is 0. The van der Waals surface area contributed by atoms with Gasteiger partial charge in [0.25, 0.3) is 5.91 Å². The molecule has 1 amide bonds. The average Bonchev–Trinajstić information content (AvgIpc) is 3.32. The lowest BCUT2D eigenvalue weighted by Gasteiger charge is -2.41.